The molecule has 10 heteroatoms. The fourth-order valence-corrected chi connectivity index (χ4v) is 2.94. The second kappa shape index (κ2) is 14.4. The van der Waals surface area contributed by atoms with Crippen molar-refractivity contribution in [3.05, 3.63) is 48.6 Å². The van der Waals surface area contributed by atoms with Gasteiger partial charge in [0.05, 0.1) is 24.3 Å². The van der Waals surface area contributed by atoms with Gasteiger partial charge in [0.15, 0.2) is 11.5 Å². The molecule has 0 spiro atoms. The summed E-state index contributed by atoms with van der Waals surface area (Å²) in [6.07, 6.45) is 4.88. The summed E-state index contributed by atoms with van der Waals surface area (Å²) < 4.78 is 11.4. The fraction of sp³-hybridized carbons (Fsp3) is 0.417. The summed E-state index contributed by atoms with van der Waals surface area (Å²) in [5.41, 5.74) is -0.813. The Labute approximate surface area is 199 Å². The Hall–Kier alpha value is -3.82. The van der Waals surface area contributed by atoms with Crippen molar-refractivity contribution >= 4 is 23.8 Å². The maximum atomic E-state index is 11.5. The smallest absolute Gasteiger partial charge is 0.336 e. The Morgan fingerprint density at radius 3 is 1.41 bits per heavy atom. The molecule has 0 fully saturated rings. The molecule has 0 unspecified atom stereocenters. The van der Waals surface area contributed by atoms with E-state index in [0.717, 1.165) is 12.1 Å². The number of aromatic carboxylic acids is 2. The quantitative estimate of drug-likeness (QED) is 0.275. The van der Waals surface area contributed by atoms with Crippen molar-refractivity contribution in [1.29, 1.82) is 0 Å². The number of hydrogen-bond donors (Lipinski definition) is 2. The number of carboxylic acids is 2. The lowest BCUT2D eigenvalue weighted by atomic mass is 10.1. The number of carboxylic acid groups (broad SMARTS) is 2. The highest BCUT2D eigenvalue weighted by molar-refractivity contribution is 6.02. The first-order valence-electron chi connectivity index (χ1n) is 10.8. The highest BCUT2D eigenvalue weighted by Crippen LogP contribution is 2.32. The number of unbranched alkanes of at least 4 members (excludes halogenated alkanes) is 2. The fourth-order valence-electron chi connectivity index (χ4n) is 2.94. The molecule has 0 radical (unpaired) electrons. The maximum Gasteiger partial charge on any atom is 0.336 e. The maximum absolute atomic E-state index is 11.5. The molecule has 2 amide bonds. The van der Waals surface area contributed by atoms with Crippen molar-refractivity contribution in [2.45, 2.75) is 25.7 Å². The third-order valence-electron chi connectivity index (χ3n) is 4.94. The van der Waals surface area contributed by atoms with E-state index in [1.165, 1.54) is 22.0 Å². The molecule has 0 aliphatic carbocycles. The van der Waals surface area contributed by atoms with Crippen LogP contribution >= 0.6 is 0 Å². The Kier molecular flexibility index (Phi) is 11.9. The van der Waals surface area contributed by atoms with Gasteiger partial charge in [-0.3, -0.25) is 9.59 Å². The van der Waals surface area contributed by atoms with Gasteiger partial charge in [0, 0.05) is 27.2 Å². The zero-order chi connectivity index (χ0) is 25.7. The third kappa shape index (κ3) is 8.97. The van der Waals surface area contributed by atoms with Gasteiger partial charge in [-0.1, -0.05) is 13.2 Å². The zero-order valence-corrected chi connectivity index (χ0v) is 19.6. The van der Waals surface area contributed by atoms with Gasteiger partial charge in [-0.15, -0.1) is 0 Å². The van der Waals surface area contributed by atoms with Gasteiger partial charge in [-0.2, -0.15) is 0 Å². The number of amides is 2. The first-order valence-corrected chi connectivity index (χ1v) is 10.8. The van der Waals surface area contributed by atoms with Crippen LogP contribution in [0.15, 0.2) is 37.4 Å². The van der Waals surface area contributed by atoms with Crippen LogP contribution in [0.5, 0.6) is 11.5 Å². The van der Waals surface area contributed by atoms with Gasteiger partial charge in [0.25, 0.3) is 0 Å². The Bertz CT molecular complexity index is 839. The molecule has 2 N–H and O–H groups in total. The van der Waals surface area contributed by atoms with E-state index >= 15 is 0 Å². The van der Waals surface area contributed by atoms with E-state index in [4.69, 9.17) is 9.47 Å². The molecular formula is C24H32N2O8. The summed E-state index contributed by atoms with van der Waals surface area (Å²) in [5.74, 6) is -2.92. The lowest BCUT2D eigenvalue weighted by molar-refractivity contribution is -0.125. The second-order valence-corrected chi connectivity index (χ2v) is 7.49. The predicted octanol–water partition coefficient (Wildman–Crippen LogP) is 2.69. The average molecular weight is 477 g/mol. The van der Waals surface area contributed by atoms with Crippen molar-refractivity contribution < 1.29 is 38.9 Å². The molecule has 1 aromatic rings. The molecule has 0 heterocycles. The van der Waals surface area contributed by atoms with Gasteiger partial charge >= 0.3 is 11.9 Å². The van der Waals surface area contributed by atoms with Crippen molar-refractivity contribution in [3.63, 3.8) is 0 Å². The lowest BCUT2D eigenvalue weighted by Gasteiger charge is -2.17. The van der Waals surface area contributed by atoms with Gasteiger partial charge in [0.1, 0.15) is 0 Å². The first-order chi connectivity index (χ1) is 16.1. The number of likely N-dealkylation sites (N-methyl/N-ethyl adjacent to an activating group) is 2. The zero-order valence-electron chi connectivity index (χ0n) is 19.6. The van der Waals surface area contributed by atoms with Crippen LogP contribution in [0.25, 0.3) is 0 Å². The minimum absolute atomic E-state index is 0.122. The van der Waals surface area contributed by atoms with E-state index < -0.39 is 23.1 Å². The molecule has 10 nitrogen and oxygen atoms in total. The molecule has 186 valence electrons. The largest absolute Gasteiger partial charge is 0.490 e. The van der Waals surface area contributed by atoms with Crippen LogP contribution in [0, 0.1) is 0 Å². The minimum Gasteiger partial charge on any atom is -0.490 e. The Balaban J connectivity index is 2.81. The topological polar surface area (TPSA) is 134 Å². The van der Waals surface area contributed by atoms with Gasteiger partial charge in [0.2, 0.25) is 11.8 Å². The van der Waals surface area contributed by atoms with Crippen LogP contribution in [-0.4, -0.2) is 84.2 Å². The molecule has 0 aromatic heterocycles. The highest BCUT2D eigenvalue weighted by Gasteiger charge is 2.21. The van der Waals surface area contributed by atoms with Crippen LogP contribution in [0.1, 0.15) is 46.4 Å². The van der Waals surface area contributed by atoms with Gasteiger partial charge in [-0.05, 0) is 50.0 Å². The summed E-state index contributed by atoms with van der Waals surface area (Å²) in [4.78, 5) is 49.1. The Morgan fingerprint density at radius 2 is 1.12 bits per heavy atom. The van der Waals surface area contributed by atoms with Gasteiger partial charge in [-0.25, -0.2) is 9.59 Å². The van der Waals surface area contributed by atoms with Crippen molar-refractivity contribution in [2.24, 2.45) is 0 Å². The lowest BCUT2D eigenvalue weighted by Crippen LogP contribution is -2.25. The van der Waals surface area contributed by atoms with Crippen LogP contribution in [0.4, 0.5) is 0 Å². The number of ether oxygens (including phenoxy) is 2. The molecule has 0 atom stereocenters. The van der Waals surface area contributed by atoms with Crippen molar-refractivity contribution in [1.82, 2.24) is 9.80 Å². The Morgan fingerprint density at radius 1 is 0.765 bits per heavy atom. The van der Waals surface area contributed by atoms with E-state index in [1.807, 2.05) is 0 Å². The molecule has 0 aliphatic rings. The first kappa shape index (κ1) is 28.2. The van der Waals surface area contributed by atoms with Crippen LogP contribution in [0.2, 0.25) is 0 Å². The van der Waals surface area contributed by atoms with E-state index in [-0.39, 0.29) is 36.5 Å². The molecule has 1 rings (SSSR count). The molecule has 0 aliphatic heterocycles. The number of benzene rings is 1. The van der Waals surface area contributed by atoms with Crippen LogP contribution < -0.4 is 9.47 Å². The average Bonchev–Trinajstić information content (AvgIpc) is 2.81. The molecule has 0 bridgehead atoms. The van der Waals surface area contributed by atoms with E-state index in [9.17, 15) is 29.4 Å². The monoisotopic (exact) mass is 476 g/mol. The summed E-state index contributed by atoms with van der Waals surface area (Å²) in [6, 6.07) is 2.29. The SMILES string of the molecule is C=CC(=O)N(C)CCCCOc1cc(C(=O)O)c(C(=O)O)cc1OCCCCN(C)C(=O)C=C. The summed E-state index contributed by atoms with van der Waals surface area (Å²) in [6.45, 7) is 8.29. The number of rotatable bonds is 16. The number of carbonyl (C=O) groups excluding carboxylic acids is 2. The normalized spacial score (nSPS) is 10.2. The molecule has 0 saturated carbocycles. The van der Waals surface area contributed by atoms with E-state index in [1.54, 1.807) is 14.1 Å². The summed E-state index contributed by atoms with van der Waals surface area (Å²) in [5, 5.41) is 18.8. The highest BCUT2D eigenvalue weighted by atomic mass is 16.5. The summed E-state index contributed by atoms with van der Waals surface area (Å²) >= 11 is 0. The van der Waals surface area contributed by atoms with Crippen LogP contribution in [0.3, 0.4) is 0 Å². The third-order valence-corrected chi connectivity index (χ3v) is 4.94. The van der Waals surface area contributed by atoms with E-state index in [0.29, 0.717) is 38.8 Å². The molecule has 34 heavy (non-hydrogen) atoms. The molecular weight excluding hydrogens is 444 g/mol. The standard InChI is InChI=1S/C24H32N2O8/c1-5-21(27)25(3)11-7-9-13-33-19-15-17(23(29)30)18(24(31)32)16-20(19)34-14-10-8-12-26(4)22(28)6-2/h5-6,15-16H,1-2,7-14H2,3-4H3,(H,29,30)(H,31,32). The van der Waals surface area contributed by atoms with Crippen LogP contribution in [-0.2, 0) is 9.59 Å². The number of carbonyl (C=O) groups is 4. The second-order valence-electron chi connectivity index (χ2n) is 7.49. The van der Waals surface area contributed by atoms with E-state index in [2.05, 4.69) is 13.2 Å². The van der Waals surface area contributed by atoms with Gasteiger partial charge < -0.3 is 29.5 Å². The summed E-state index contributed by atoms with van der Waals surface area (Å²) in [7, 11) is 3.32. The van der Waals surface area contributed by atoms with Crippen molar-refractivity contribution in [2.75, 3.05) is 40.4 Å². The molecule has 1 aromatic carbocycles. The van der Waals surface area contributed by atoms with Crippen molar-refractivity contribution in [3.8, 4) is 11.5 Å². The minimum atomic E-state index is -1.40. The molecule has 0 saturated heterocycles. The number of nitrogens with zero attached hydrogens (tertiary/aromatic N) is 2. The number of hydrogen-bond acceptors (Lipinski definition) is 6. The predicted molar refractivity (Wildman–Crippen MR) is 125 cm³/mol.